The molecule has 18 heavy (non-hydrogen) atoms. The Bertz CT molecular complexity index is 286. The summed E-state index contributed by atoms with van der Waals surface area (Å²) in [4.78, 5) is 13.6. The standard InChI is InChI=1S/C13H26N2O3/c1-9(2)11(14)10-8-15(6-7-17-10)12(16)18-13(3,4)5/h9-11H,6-8,14H2,1-5H3/t10?,11-/m1/s1. The fourth-order valence-electron chi connectivity index (χ4n) is 1.83. The van der Waals surface area contributed by atoms with Gasteiger partial charge in [-0.25, -0.2) is 4.79 Å². The average molecular weight is 258 g/mol. The fourth-order valence-corrected chi connectivity index (χ4v) is 1.83. The summed E-state index contributed by atoms with van der Waals surface area (Å²) >= 11 is 0. The van der Waals surface area contributed by atoms with E-state index in [0.717, 1.165) is 0 Å². The Labute approximate surface area is 110 Å². The molecule has 1 heterocycles. The van der Waals surface area contributed by atoms with Gasteiger partial charge in [0.25, 0.3) is 0 Å². The lowest BCUT2D eigenvalue weighted by Gasteiger charge is -2.37. The van der Waals surface area contributed by atoms with E-state index in [-0.39, 0.29) is 18.2 Å². The maximum atomic E-state index is 12.0. The van der Waals surface area contributed by atoms with E-state index in [9.17, 15) is 4.79 Å². The summed E-state index contributed by atoms with van der Waals surface area (Å²) in [5.74, 6) is 0.327. The molecule has 1 aliphatic heterocycles. The second-order valence-electron chi connectivity index (χ2n) is 6.16. The van der Waals surface area contributed by atoms with Crippen LogP contribution in [-0.4, -0.2) is 48.4 Å². The molecule has 1 unspecified atom stereocenters. The predicted octanol–water partition coefficient (Wildman–Crippen LogP) is 1.61. The molecular formula is C13H26N2O3. The Hall–Kier alpha value is -0.810. The molecule has 5 heteroatoms. The summed E-state index contributed by atoms with van der Waals surface area (Å²) in [7, 11) is 0. The highest BCUT2D eigenvalue weighted by Crippen LogP contribution is 2.16. The van der Waals surface area contributed by atoms with Crippen LogP contribution >= 0.6 is 0 Å². The number of carbonyl (C=O) groups excluding carboxylic acids is 1. The summed E-state index contributed by atoms with van der Waals surface area (Å²) < 4.78 is 11.0. The van der Waals surface area contributed by atoms with Gasteiger partial charge in [0.1, 0.15) is 5.60 Å². The topological polar surface area (TPSA) is 64.8 Å². The van der Waals surface area contributed by atoms with Crippen LogP contribution in [-0.2, 0) is 9.47 Å². The zero-order valence-corrected chi connectivity index (χ0v) is 12.1. The van der Waals surface area contributed by atoms with Gasteiger partial charge < -0.3 is 20.1 Å². The molecule has 1 aliphatic rings. The smallest absolute Gasteiger partial charge is 0.410 e. The number of nitrogens with two attached hydrogens (primary N) is 1. The lowest BCUT2D eigenvalue weighted by atomic mass is 9.98. The van der Waals surface area contributed by atoms with Gasteiger partial charge in [-0.2, -0.15) is 0 Å². The van der Waals surface area contributed by atoms with Crippen LogP contribution in [0.15, 0.2) is 0 Å². The number of ether oxygens (including phenoxy) is 2. The number of carbonyl (C=O) groups is 1. The fraction of sp³-hybridized carbons (Fsp3) is 0.923. The summed E-state index contributed by atoms with van der Waals surface area (Å²) in [6, 6.07) is -0.0600. The third-order valence-electron chi connectivity index (χ3n) is 2.94. The van der Waals surface area contributed by atoms with E-state index in [4.69, 9.17) is 15.2 Å². The van der Waals surface area contributed by atoms with Crippen LogP contribution in [0, 0.1) is 5.92 Å². The van der Waals surface area contributed by atoms with Gasteiger partial charge in [0.15, 0.2) is 0 Å². The molecule has 0 spiro atoms. The van der Waals surface area contributed by atoms with Gasteiger partial charge in [0, 0.05) is 12.6 Å². The summed E-state index contributed by atoms with van der Waals surface area (Å²) in [6.45, 7) is 11.3. The van der Waals surface area contributed by atoms with Crippen LogP contribution in [0.3, 0.4) is 0 Å². The Morgan fingerprint density at radius 3 is 2.56 bits per heavy atom. The van der Waals surface area contributed by atoms with Gasteiger partial charge in [-0.05, 0) is 26.7 Å². The Morgan fingerprint density at radius 2 is 2.06 bits per heavy atom. The first-order valence-electron chi connectivity index (χ1n) is 6.56. The second kappa shape index (κ2) is 5.89. The van der Waals surface area contributed by atoms with Crippen molar-refractivity contribution >= 4 is 6.09 Å². The quantitative estimate of drug-likeness (QED) is 0.817. The highest BCUT2D eigenvalue weighted by molar-refractivity contribution is 5.68. The summed E-state index contributed by atoms with van der Waals surface area (Å²) in [5.41, 5.74) is 5.61. The van der Waals surface area contributed by atoms with E-state index in [1.165, 1.54) is 0 Å². The first-order chi connectivity index (χ1) is 8.20. The van der Waals surface area contributed by atoms with E-state index < -0.39 is 5.60 Å². The molecule has 0 saturated carbocycles. The number of hydrogen-bond donors (Lipinski definition) is 1. The van der Waals surface area contributed by atoms with Crippen molar-refractivity contribution in [2.75, 3.05) is 19.7 Å². The summed E-state index contributed by atoms with van der Waals surface area (Å²) in [5, 5.41) is 0. The largest absolute Gasteiger partial charge is 0.444 e. The normalized spacial score (nSPS) is 23.1. The number of morpholine rings is 1. The molecule has 1 rings (SSSR count). The molecule has 106 valence electrons. The molecule has 0 aromatic rings. The molecule has 0 aromatic heterocycles. The lowest BCUT2D eigenvalue weighted by molar-refractivity contribution is -0.0552. The maximum absolute atomic E-state index is 12.0. The zero-order valence-electron chi connectivity index (χ0n) is 12.1. The Balaban J connectivity index is 2.56. The molecule has 2 atom stereocenters. The molecule has 0 radical (unpaired) electrons. The SMILES string of the molecule is CC(C)[C@@H](N)C1CN(C(=O)OC(C)(C)C)CCO1. The van der Waals surface area contributed by atoms with E-state index in [2.05, 4.69) is 13.8 Å². The minimum absolute atomic E-state index is 0.0600. The number of hydrogen-bond acceptors (Lipinski definition) is 4. The van der Waals surface area contributed by atoms with Crippen LogP contribution in [0.4, 0.5) is 4.79 Å². The van der Waals surface area contributed by atoms with Gasteiger partial charge in [0.2, 0.25) is 0 Å². The van der Waals surface area contributed by atoms with Crippen LogP contribution in [0.25, 0.3) is 0 Å². The third-order valence-corrected chi connectivity index (χ3v) is 2.94. The van der Waals surface area contributed by atoms with E-state index in [0.29, 0.717) is 25.6 Å². The van der Waals surface area contributed by atoms with Crippen LogP contribution in [0.1, 0.15) is 34.6 Å². The Kier molecular flexibility index (Phi) is 4.99. The first-order valence-corrected chi connectivity index (χ1v) is 6.56. The molecule has 1 amide bonds. The third kappa shape index (κ3) is 4.46. The molecule has 0 bridgehead atoms. The highest BCUT2D eigenvalue weighted by atomic mass is 16.6. The second-order valence-corrected chi connectivity index (χ2v) is 6.16. The number of amides is 1. The van der Waals surface area contributed by atoms with Gasteiger partial charge >= 0.3 is 6.09 Å². The van der Waals surface area contributed by atoms with Gasteiger partial charge in [0.05, 0.1) is 19.3 Å². The van der Waals surface area contributed by atoms with Crippen LogP contribution < -0.4 is 5.73 Å². The van der Waals surface area contributed by atoms with Crippen molar-refractivity contribution in [3.63, 3.8) is 0 Å². The number of rotatable bonds is 2. The first kappa shape index (κ1) is 15.2. The van der Waals surface area contributed by atoms with Crippen molar-refractivity contribution in [1.82, 2.24) is 4.90 Å². The van der Waals surface area contributed by atoms with Crippen molar-refractivity contribution in [2.24, 2.45) is 11.7 Å². The zero-order chi connectivity index (χ0) is 13.9. The molecule has 5 nitrogen and oxygen atoms in total. The minimum Gasteiger partial charge on any atom is -0.444 e. The minimum atomic E-state index is -0.467. The van der Waals surface area contributed by atoms with Crippen molar-refractivity contribution in [3.05, 3.63) is 0 Å². The van der Waals surface area contributed by atoms with Crippen molar-refractivity contribution < 1.29 is 14.3 Å². The molecular weight excluding hydrogens is 232 g/mol. The van der Waals surface area contributed by atoms with Gasteiger partial charge in [-0.3, -0.25) is 0 Å². The molecule has 1 saturated heterocycles. The van der Waals surface area contributed by atoms with Crippen LogP contribution in [0.5, 0.6) is 0 Å². The molecule has 1 fully saturated rings. The highest BCUT2D eigenvalue weighted by Gasteiger charge is 2.31. The summed E-state index contributed by atoms with van der Waals surface area (Å²) in [6.07, 6.45) is -0.391. The molecule has 0 aromatic carbocycles. The van der Waals surface area contributed by atoms with E-state index >= 15 is 0 Å². The van der Waals surface area contributed by atoms with Crippen LogP contribution in [0.2, 0.25) is 0 Å². The average Bonchev–Trinajstić information content (AvgIpc) is 2.25. The van der Waals surface area contributed by atoms with E-state index in [1.807, 2.05) is 20.8 Å². The van der Waals surface area contributed by atoms with Gasteiger partial charge in [-0.15, -0.1) is 0 Å². The monoisotopic (exact) mass is 258 g/mol. The Morgan fingerprint density at radius 1 is 1.44 bits per heavy atom. The number of nitrogens with zero attached hydrogens (tertiary/aromatic N) is 1. The van der Waals surface area contributed by atoms with Crippen molar-refractivity contribution in [3.8, 4) is 0 Å². The van der Waals surface area contributed by atoms with E-state index in [1.54, 1.807) is 4.90 Å². The van der Waals surface area contributed by atoms with Gasteiger partial charge in [-0.1, -0.05) is 13.8 Å². The van der Waals surface area contributed by atoms with Crippen molar-refractivity contribution in [1.29, 1.82) is 0 Å². The maximum Gasteiger partial charge on any atom is 0.410 e. The van der Waals surface area contributed by atoms with Crippen molar-refractivity contribution in [2.45, 2.75) is 52.4 Å². The predicted molar refractivity (Wildman–Crippen MR) is 70.4 cm³/mol. The lowest BCUT2D eigenvalue weighted by Crippen LogP contribution is -2.54. The molecule has 2 N–H and O–H groups in total. The molecule has 0 aliphatic carbocycles.